The molecule has 2 N–H and O–H groups in total. The van der Waals surface area contributed by atoms with E-state index in [1.165, 1.54) is 0 Å². The molecule has 0 aromatic rings. The van der Waals surface area contributed by atoms with Gasteiger partial charge in [0.2, 0.25) is 0 Å². The van der Waals surface area contributed by atoms with Crippen molar-refractivity contribution in [3.8, 4) is 0 Å². The zero-order chi connectivity index (χ0) is 6.85. The lowest BCUT2D eigenvalue weighted by molar-refractivity contribution is 0.780. The van der Waals surface area contributed by atoms with E-state index in [2.05, 4.69) is 10.6 Å². The molecule has 1 aliphatic rings. The highest BCUT2D eigenvalue weighted by Crippen LogP contribution is 1.91. The van der Waals surface area contributed by atoms with E-state index in [0.29, 0.717) is 6.54 Å². The zero-order valence-electron chi connectivity index (χ0n) is 5.10. The minimum atomic E-state index is 0.209. The smallest absolute Gasteiger partial charge is 0.0980 e. The number of piperazine rings is 1. The Bertz CT molecular complexity index is 155. The first-order valence-corrected chi connectivity index (χ1v) is 3.59. The molecule has 0 radical (unpaired) electrons. The van der Waals surface area contributed by atoms with Crippen LogP contribution in [-0.2, 0) is 0 Å². The molecular weight excluding hydrogens is 152 g/mol. The molecule has 0 aromatic carbocycles. The summed E-state index contributed by atoms with van der Waals surface area (Å²) >= 11 is 9.85. The number of rotatable bonds is 0. The average molecular weight is 160 g/mol. The van der Waals surface area contributed by atoms with Crippen LogP contribution in [0.5, 0.6) is 0 Å². The van der Waals surface area contributed by atoms with Gasteiger partial charge in [-0.05, 0) is 6.92 Å². The summed E-state index contributed by atoms with van der Waals surface area (Å²) in [6.07, 6.45) is 0. The van der Waals surface area contributed by atoms with E-state index in [9.17, 15) is 0 Å². The van der Waals surface area contributed by atoms with E-state index < -0.39 is 0 Å². The third-order valence-electron chi connectivity index (χ3n) is 1.19. The summed E-state index contributed by atoms with van der Waals surface area (Å²) in [5.41, 5.74) is 0. The van der Waals surface area contributed by atoms with Crippen molar-refractivity contribution in [2.45, 2.75) is 13.0 Å². The summed E-state index contributed by atoms with van der Waals surface area (Å²) in [6, 6.07) is 0.209. The maximum Gasteiger partial charge on any atom is 0.0980 e. The Morgan fingerprint density at radius 2 is 2.22 bits per heavy atom. The van der Waals surface area contributed by atoms with Gasteiger partial charge in [0.25, 0.3) is 0 Å². The van der Waals surface area contributed by atoms with Crippen molar-refractivity contribution < 1.29 is 0 Å². The molecule has 0 unspecified atom stereocenters. The molecule has 1 aliphatic heterocycles. The lowest BCUT2D eigenvalue weighted by atomic mass is 10.3. The SMILES string of the molecule is C[C@@H]1NC(=S)CNC1=S. The van der Waals surface area contributed by atoms with Crippen molar-refractivity contribution >= 4 is 34.4 Å². The molecule has 2 nitrogen and oxygen atoms in total. The van der Waals surface area contributed by atoms with Gasteiger partial charge >= 0.3 is 0 Å². The van der Waals surface area contributed by atoms with Crippen molar-refractivity contribution in [2.24, 2.45) is 0 Å². The van der Waals surface area contributed by atoms with E-state index in [0.717, 1.165) is 9.98 Å². The van der Waals surface area contributed by atoms with Crippen molar-refractivity contribution in [1.82, 2.24) is 10.6 Å². The van der Waals surface area contributed by atoms with Gasteiger partial charge in [-0.2, -0.15) is 0 Å². The van der Waals surface area contributed by atoms with E-state index in [-0.39, 0.29) is 6.04 Å². The van der Waals surface area contributed by atoms with Gasteiger partial charge in [0.05, 0.1) is 22.6 Å². The van der Waals surface area contributed by atoms with Crippen LogP contribution < -0.4 is 10.6 Å². The summed E-state index contributed by atoms with van der Waals surface area (Å²) in [7, 11) is 0. The molecule has 0 spiro atoms. The van der Waals surface area contributed by atoms with Crippen LogP contribution in [0.3, 0.4) is 0 Å². The van der Waals surface area contributed by atoms with Crippen LogP contribution >= 0.6 is 24.4 Å². The van der Waals surface area contributed by atoms with Crippen molar-refractivity contribution in [3.63, 3.8) is 0 Å². The Balaban J connectivity index is 2.54. The fraction of sp³-hybridized carbons (Fsp3) is 0.600. The molecule has 1 atom stereocenters. The molecule has 50 valence electrons. The highest BCUT2D eigenvalue weighted by atomic mass is 32.1. The van der Waals surface area contributed by atoms with Crippen LogP contribution in [0.1, 0.15) is 6.92 Å². The summed E-state index contributed by atoms with van der Waals surface area (Å²) < 4.78 is 0. The van der Waals surface area contributed by atoms with Gasteiger partial charge < -0.3 is 10.6 Å². The van der Waals surface area contributed by atoms with Gasteiger partial charge in [-0.3, -0.25) is 0 Å². The molecule has 9 heavy (non-hydrogen) atoms. The second-order valence-corrected chi connectivity index (χ2v) is 2.94. The fourth-order valence-corrected chi connectivity index (χ4v) is 1.06. The van der Waals surface area contributed by atoms with Crippen molar-refractivity contribution in [1.29, 1.82) is 0 Å². The van der Waals surface area contributed by atoms with Crippen LogP contribution in [0, 0.1) is 0 Å². The lowest BCUT2D eigenvalue weighted by Crippen LogP contribution is -2.53. The van der Waals surface area contributed by atoms with Crippen LogP contribution in [-0.4, -0.2) is 22.6 Å². The number of thiocarbonyl (C=S) groups is 2. The maximum absolute atomic E-state index is 4.95. The van der Waals surface area contributed by atoms with E-state index in [1.54, 1.807) is 0 Å². The molecule has 1 heterocycles. The molecule has 0 bridgehead atoms. The Morgan fingerprint density at radius 1 is 1.56 bits per heavy atom. The second-order valence-electron chi connectivity index (χ2n) is 2.01. The van der Waals surface area contributed by atoms with Gasteiger partial charge in [0, 0.05) is 0 Å². The third kappa shape index (κ3) is 1.59. The Hall–Kier alpha value is -0.220. The van der Waals surface area contributed by atoms with Gasteiger partial charge in [-0.15, -0.1) is 0 Å². The minimum absolute atomic E-state index is 0.209. The molecule has 0 aliphatic carbocycles. The first-order valence-electron chi connectivity index (χ1n) is 2.77. The average Bonchev–Trinajstić information content (AvgIpc) is 1.80. The standard InChI is InChI=1S/C5H8N2S2/c1-3-5(9)6-2-4(8)7-3/h3H,2H2,1H3,(H,6,9)(H,7,8)/t3-/m0/s1. The molecule has 0 amide bonds. The maximum atomic E-state index is 4.95. The summed E-state index contributed by atoms with van der Waals surface area (Å²) in [6.45, 7) is 2.68. The summed E-state index contributed by atoms with van der Waals surface area (Å²) in [5, 5.41) is 6.07. The zero-order valence-corrected chi connectivity index (χ0v) is 6.73. The Morgan fingerprint density at radius 3 is 2.67 bits per heavy atom. The van der Waals surface area contributed by atoms with Gasteiger partial charge in [-0.1, -0.05) is 24.4 Å². The van der Waals surface area contributed by atoms with Gasteiger partial charge in [0.15, 0.2) is 0 Å². The fourth-order valence-electron chi connectivity index (χ4n) is 0.679. The van der Waals surface area contributed by atoms with Crippen molar-refractivity contribution in [2.75, 3.05) is 6.54 Å². The molecule has 0 aromatic heterocycles. The molecule has 1 fully saturated rings. The predicted octanol–water partition coefficient (Wildman–Crippen LogP) is 0.222. The lowest BCUT2D eigenvalue weighted by Gasteiger charge is -2.23. The number of hydrogen-bond donors (Lipinski definition) is 2. The summed E-state index contributed by atoms with van der Waals surface area (Å²) in [5.74, 6) is 0. The Kier molecular flexibility index (Phi) is 1.97. The highest BCUT2D eigenvalue weighted by Gasteiger charge is 2.14. The molecule has 4 heteroatoms. The van der Waals surface area contributed by atoms with Crippen LogP contribution in [0.2, 0.25) is 0 Å². The van der Waals surface area contributed by atoms with Crippen LogP contribution in [0.25, 0.3) is 0 Å². The normalized spacial score (nSPS) is 27.0. The molecular formula is C5H8N2S2. The number of nitrogens with one attached hydrogen (secondary N) is 2. The highest BCUT2D eigenvalue weighted by molar-refractivity contribution is 7.81. The topological polar surface area (TPSA) is 24.1 Å². The van der Waals surface area contributed by atoms with Gasteiger partial charge in [-0.25, -0.2) is 0 Å². The largest absolute Gasteiger partial charge is 0.371 e. The first kappa shape index (κ1) is 6.89. The van der Waals surface area contributed by atoms with Crippen LogP contribution in [0.15, 0.2) is 0 Å². The van der Waals surface area contributed by atoms with E-state index in [4.69, 9.17) is 24.4 Å². The predicted molar refractivity (Wildman–Crippen MR) is 45.8 cm³/mol. The monoisotopic (exact) mass is 160 g/mol. The second kappa shape index (κ2) is 2.58. The van der Waals surface area contributed by atoms with E-state index >= 15 is 0 Å². The van der Waals surface area contributed by atoms with E-state index in [1.807, 2.05) is 6.92 Å². The summed E-state index contributed by atoms with van der Waals surface area (Å²) in [4.78, 5) is 1.69. The third-order valence-corrected chi connectivity index (χ3v) is 1.95. The molecule has 0 saturated carbocycles. The minimum Gasteiger partial charge on any atom is -0.371 e. The van der Waals surface area contributed by atoms with Crippen molar-refractivity contribution in [3.05, 3.63) is 0 Å². The quantitative estimate of drug-likeness (QED) is 0.495. The molecule has 1 saturated heterocycles. The molecule has 1 rings (SSSR count). The van der Waals surface area contributed by atoms with Crippen LogP contribution in [0.4, 0.5) is 0 Å². The van der Waals surface area contributed by atoms with Gasteiger partial charge in [0.1, 0.15) is 0 Å². The number of hydrogen-bond acceptors (Lipinski definition) is 2. The first-order chi connectivity index (χ1) is 4.20. The Labute approximate surface area is 65.0 Å².